The summed E-state index contributed by atoms with van der Waals surface area (Å²) in [5, 5.41) is 9.82. The van der Waals surface area contributed by atoms with Gasteiger partial charge in [-0.3, -0.25) is 10.1 Å². The van der Waals surface area contributed by atoms with Gasteiger partial charge >= 0.3 is 0 Å². The fraction of sp³-hybridized carbons (Fsp3) is 0.200. The predicted molar refractivity (Wildman–Crippen MR) is 86.1 cm³/mol. The molecule has 2 aromatic heterocycles. The highest BCUT2D eigenvalue weighted by atomic mass is 32.1. The lowest BCUT2D eigenvalue weighted by molar-refractivity contribution is 0.102. The Morgan fingerprint density at radius 2 is 2.09 bits per heavy atom. The minimum absolute atomic E-state index is 0.234. The molecule has 7 heteroatoms. The third-order valence-electron chi connectivity index (χ3n) is 3.26. The molecule has 0 aliphatic carbocycles. The second-order valence-corrected chi connectivity index (χ2v) is 6.04. The van der Waals surface area contributed by atoms with Crippen molar-refractivity contribution < 1.29 is 4.79 Å². The highest BCUT2D eigenvalue weighted by molar-refractivity contribution is 7.17. The van der Waals surface area contributed by atoms with Gasteiger partial charge in [0.1, 0.15) is 16.2 Å². The molecule has 0 aliphatic rings. The maximum Gasteiger partial charge on any atom is 0.270 e. The summed E-state index contributed by atoms with van der Waals surface area (Å²) in [4.78, 5) is 21.3. The first-order valence-corrected chi connectivity index (χ1v) is 7.58. The van der Waals surface area contributed by atoms with Gasteiger partial charge in [-0.25, -0.2) is 10.1 Å². The van der Waals surface area contributed by atoms with Crippen LogP contribution in [0.25, 0.3) is 10.6 Å². The topological polar surface area (TPSA) is 83.6 Å². The molecule has 0 saturated heterocycles. The number of nitrogens with zero attached hydrogens (tertiary/aromatic N) is 3. The number of carbonyl (C=O) groups excluding carboxylic acids is 1. The Kier molecular flexibility index (Phi) is 3.72. The molecular weight excluding hydrogens is 298 g/mol. The lowest BCUT2D eigenvalue weighted by Crippen LogP contribution is -2.12. The van der Waals surface area contributed by atoms with Crippen molar-refractivity contribution in [1.82, 2.24) is 20.2 Å². The fourth-order valence-corrected chi connectivity index (χ4v) is 3.26. The molecule has 112 valence electrons. The zero-order valence-corrected chi connectivity index (χ0v) is 13.3. The highest BCUT2D eigenvalue weighted by Crippen LogP contribution is 2.30. The van der Waals surface area contributed by atoms with Gasteiger partial charge in [-0.05, 0) is 26.3 Å². The van der Waals surface area contributed by atoms with Gasteiger partial charge in [0.25, 0.3) is 5.91 Å². The fourth-order valence-electron chi connectivity index (χ4n) is 2.21. The SMILES string of the molecule is Cc1ccc(-c2nc(C)c(C(=O)Nc3ncn[nH]3)s2)c(C)c1. The van der Waals surface area contributed by atoms with Crippen molar-refractivity contribution >= 4 is 23.2 Å². The minimum atomic E-state index is -0.234. The van der Waals surface area contributed by atoms with E-state index in [2.05, 4.69) is 38.5 Å². The molecule has 2 N–H and O–H groups in total. The second-order valence-electron chi connectivity index (χ2n) is 5.04. The van der Waals surface area contributed by atoms with Gasteiger partial charge in [0.15, 0.2) is 0 Å². The molecule has 0 atom stereocenters. The Hall–Kier alpha value is -2.54. The average Bonchev–Trinajstić information content (AvgIpc) is 3.08. The Bertz CT molecular complexity index is 823. The summed E-state index contributed by atoms with van der Waals surface area (Å²) >= 11 is 1.38. The smallest absolute Gasteiger partial charge is 0.270 e. The number of hydrogen-bond acceptors (Lipinski definition) is 5. The number of nitrogens with one attached hydrogen (secondary N) is 2. The molecule has 0 unspecified atom stereocenters. The Morgan fingerprint density at radius 3 is 2.77 bits per heavy atom. The van der Waals surface area contributed by atoms with Crippen molar-refractivity contribution in [3.63, 3.8) is 0 Å². The van der Waals surface area contributed by atoms with E-state index >= 15 is 0 Å². The molecule has 0 saturated carbocycles. The number of benzene rings is 1. The molecule has 0 fully saturated rings. The molecule has 3 rings (SSSR count). The third-order valence-corrected chi connectivity index (χ3v) is 4.45. The summed E-state index contributed by atoms with van der Waals surface area (Å²) in [5.74, 6) is 0.0913. The van der Waals surface area contributed by atoms with E-state index in [-0.39, 0.29) is 5.91 Å². The Labute approximate surface area is 131 Å². The first-order chi connectivity index (χ1) is 10.5. The maximum atomic E-state index is 12.3. The van der Waals surface area contributed by atoms with Crippen LogP contribution in [0.2, 0.25) is 0 Å². The van der Waals surface area contributed by atoms with Gasteiger partial charge in [-0.2, -0.15) is 10.1 Å². The van der Waals surface area contributed by atoms with E-state index in [1.165, 1.54) is 23.2 Å². The summed E-state index contributed by atoms with van der Waals surface area (Å²) in [5.41, 5.74) is 4.11. The number of carbonyl (C=O) groups is 1. The van der Waals surface area contributed by atoms with E-state index in [0.717, 1.165) is 16.1 Å². The quantitative estimate of drug-likeness (QED) is 0.778. The maximum absolute atomic E-state index is 12.3. The summed E-state index contributed by atoms with van der Waals surface area (Å²) in [6.07, 6.45) is 1.34. The lowest BCUT2D eigenvalue weighted by Gasteiger charge is -2.03. The Morgan fingerprint density at radius 1 is 1.27 bits per heavy atom. The molecule has 0 bridgehead atoms. The van der Waals surface area contributed by atoms with Crippen LogP contribution in [0.15, 0.2) is 24.5 Å². The monoisotopic (exact) mass is 313 g/mol. The van der Waals surface area contributed by atoms with Crippen molar-refractivity contribution in [2.45, 2.75) is 20.8 Å². The zero-order chi connectivity index (χ0) is 15.7. The molecule has 2 heterocycles. The van der Waals surface area contributed by atoms with Crippen LogP contribution in [0.5, 0.6) is 0 Å². The number of hydrogen-bond donors (Lipinski definition) is 2. The van der Waals surface area contributed by atoms with Crippen LogP contribution in [0, 0.1) is 20.8 Å². The molecule has 0 aliphatic heterocycles. The van der Waals surface area contributed by atoms with Crippen LogP contribution < -0.4 is 5.32 Å². The van der Waals surface area contributed by atoms with Gasteiger partial charge in [-0.1, -0.05) is 23.8 Å². The number of rotatable bonds is 3. The van der Waals surface area contributed by atoms with Crippen molar-refractivity contribution in [2.24, 2.45) is 0 Å². The number of aromatic amines is 1. The molecular formula is C15H15N5OS. The first kappa shape index (κ1) is 14.4. The molecule has 0 spiro atoms. The number of H-pyrrole nitrogens is 1. The van der Waals surface area contributed by atoms with Crippen LogP contribution in [0.1, 0.15) is 26.5 Å². The molecule has 3 aromatic rings. The second kappa shape index (κ2) is 5.69. The lowest BCUT2D eigenvalue weighted by atomic mass is 10.1. The van der Waals surface area contributed by atoms with Crippen LogP contribution in [0.4, 0.5) is 5.95 Å². The van der Waals surface area contributed by atoms with Crippen LogP contribution in [-0.2, 0) is 0 Å². The molecule has 22 heavy (non-hydrogen) atoms. The largest absolute Gasteiger partial charge is 0.290 e. The van der Waals surface area contributed by atoms with Crippen LogP contribution >= 0.6 is 11.3 Å². The zero-order valence-electron chi connectivity index (χ0n) is 12.5. The van der Waals surface area contributed by atoms with Crippen LogP contribution in [-0.4, -0.2) is 26.1 Å². The van der Waals surface area contributed by atoms with Crippen LogP contribution in [0.3, 0.4) is 0 Å². The number of aryl methyl sites for hydroxylation is 3. The summed E-state index contributed by atoms with van der Waals surface area (Å²) in [7, 11) is 0. The summed E-state index contributed by atoms with van der Waals surface area (Å²) < 4.78 is 0. The minimum Gasteiger partial charge on any atom is -0.290 e. The van der Waals surface area contributed by atoms with E-state index in [1.807, 2.05) is 26.0 Å². The molecule has 6 nitrogen and oxygen atoms in total. The van der Waals surface area contributed by atoms with Gasteiger partial charge in [-0.15, -0.1) is 11.3 Å². The third kappa shape index (κ3) is 2.75. The van der Waals surface area contributed by atoms with Crippen molar-refractivity contribution in [3.05, 3.63) is 46.2 Å². The molecule has 1 aromatic carbocycles. The first-order valence-electron chi connectivity index (χ1n) is 6.76. The number of thiazole rings is 1. The number of aromatic nitrogens is 4. The van der Waals surface area contributed by atoms with E-state index < -0.39 is 0 Å². The summed E-state index contributed by atoms with van der Waals surface area (Å²) in [6, 6.07) is 6.20. The standard InChI is InChI=1S/C15H15N5OS/c1-8-4-5-11(9(2)6-8)14-18-10(3)12(22-14)13(21)19-15-16-7-17-20-15/h4-7H,1-3H3,(H2,16,17,19,20,21). The summed E-state index contributed by atoms with van der Waals surface area (Å²) in [6.45, 7) is 5.94. The number of anilines is 1. The molecule has 0 radical (unpaired) electrons. The van der Waals surface area contributed by atoms with E-state index in [9.17, 15) is 4.79 Å². The van der Waals surface area contributed by atoms with Crippen molar-refractivity contribution in [1.29, 1.82) is 0 Å². The Balaban J connectivity index is 1.92. The van der Waals surface area contributed by atoms with Crippen molar-refractivity contribution in [3.8, 4) is 10.6 Å². The average molecular weight is 313 g/mol. The number of amides is 1. The van der Waals surface area contributed by atoms with E-state index in [1.54, 1.807) is 0 Å². The molecule has 1 amide bonds. The van der Waals surface area contributed by atoms with Gasteiger partial charge in [0, 0.05) is 5.56 Å². The van der Waals surface area contributed by atoms with Gasteiger partial charge in [0.05, 0.1) is 5.69 Å². The van der Waals surface area contributed by atoms with E-state index in [0.29, 0.717) is 16.5 Å². The van der Waals surface area contributed by atoms with Gasteiger partial charge < -0.3 is 0 Å². The normalized spacial score (nSPS) is 10.7. The highest BCUT2D eigenvalue weighted by Gasteiger charge is 2.18. The van der Waals surface area contributed by atoms with E-state index in [4.69, 9.17) is 0 Å². The predicted octanol–water partition coefficient (Wildman–Crippen LogP) is 3.11. The van der Waals surface area contributed by atoms with Gasteiger partial charge in [0.2, 0.25) is 5.95 Å². The van der Waals surface area contributed by atoms with Crippen molar-refractivity contribution in [2.75, 3.05) is 5.32 Å².